The number of carbonyl (C=O) groups excluding carboxylic acids is 1. The molecule has 0 radical (unpaired) electrons. The number of aryl methyl sites for hydroxylation is 3. The van der Waals surface area contributed by atoms with Crippen molar-refractivity contribution >= 4 is 23.4 Å². The highest BCUT2D eigenvalue weighted by Gasteiger charge is 2.27. The van der Waals surface area contributed by atoms with Crippen molar-refractivity contribution in [1.82, 2.24) is 5.16 Å². The van der Waals surface area contributed by atoms with Crippen molar-refractivity contribution < 1.29 is 9.32 Å². The predicted octanol–water partition coefficient (Wildman–Crippen LogP) is 3.89. The first kappa shape index (κ1) is 16.1. The van der Waals surface area contributed by atoms with Crippen LogP contribution in [0, 0.1) is 13.8 Å². The smallest absolute Gasteiger partial charge is 0.237 e. The Bertz CT molecular complexity index is 691. The number of carbonyl (C=O) groups is 1. The molecule has 1 aliphatic heterocycles. The Morgan fingerprint density at radius 1 is 1.39 bits per heavy atom. The third-order valence-corrected chi connectivity index (χ3v) is 5.39. The Morgan fingerprint density at radius 2 is 2.17 bits per heavy atom. The van der Waals surface area contributed by atoms with Crippen molar-refractivity contribution in [3.05, 3.63) is 46.8 Å². The number of amides is 1. The zero-order valence-corrected chi connectivity index (χ0v) is 14.7. The van der Waals surface area contributed by atoms with Crippen LogP contribution < -0.4 is 4.90 Å². The van der Waals surface area contributed by atoms with Crippen LogP contribution in [0.3, 0.4) is 0 Å². The average molecular weight is 330 g/mol. The lowest BCUT2D eigenvalue weighted by atomic mass is 9.97. The zero-order chi connectivity index (χ0) is 16.4. The number of rotatable bonds is 4. The summed E-state index contributed by atoms with van der Waals surface area (Å²) in [7, 11) is 0. The highest BCUT2D eigenvalue weighted by Crippen LogP contribution is 2.31. The van der Waals surface area contributed by atoms with Gasteiger partial charge < -0.3 is 9.42 Å². The Balaban J connectivity index is 1.66. The van der Waals surface area contributed by atoms with Crippen LogP contribution >= 0.6 is 11.8 Å². The standard InChI is InChI=1S/C18H22N2O2S/c1-12-8-9-15-6-4-5-7-17(15)20(12)18(21)11-23-10-16-13(2)19-22-14(16)3/h4-7,12H,8-11H2,1-3H3. The number of hydrogen-bond acceptors (Lipinski definition) is 4. The van der Waals surface area contributed by atoms with Gasteiger partial charge >= 0.3 is 0 Å². The van der Waals surface area contributed by atoms with Gasteiger partial charge in [-0.3, -0.25) is 4.79 Å². The number of thioether (sulfide) groups is 1. The summed E-state index contributed by atoms with van der Waals surface area (Å²) in [5.74, 6) is 2.26. The van der Waals surface area contributed by atoms with Crippen molar-refractivity contribution in [1.29, 1.82) is 0 Å². The molecule has 1 aromatic carbocycles. The van der Waals surface area contributed by atoms with Crippen molar-refractivity contribution in [2.24, 2.45) is 0 Å². The van der Waals surface area contributed by atoms with E-state index in [9.17, 15) is 4.79 Å². The van der Waals surface area contributed by atoms with Crippen molar-refractivity contribution in [2.45, 2.75) is 45.4 Å². The van der Waals surface area contributed by atoms with Crippen LogP contribution in [0.2, 0.25) is 0 Å². The second-order valence-electron chi connectivity index (χ2n) is 6.08. The Morgan fingerprint density at radius 3 is 2.91 bits per heavy atom. The minimum absolute atomic E-state index is 0.182. The first-order valence-electron chi connectivity index (χ1n) is 7.97. The Hall–Kier alpha value is -1.75. The normalized spacial score (nSPS) is 17.2. The lowest BCUT2D eigenvalue weighted by Gasteiger charge is -2.35. The fourth-order valence-corrected chi connectivity index (χ4v) is 4.12. The quantitative estimate of drug-likeness (QED) is 0.853. The molecule has 2 heterocycles. The van der Waals surface area contributed by atoms with E-state index in [0.717, 1.165) is 41.3 Å². The van der Waals surface area contributed by atoms with Gasteiger partial charge in [-0.15, -0.1) is 11.8 Å². The van der Waals surface area contributed by atoms with Crippen LogP contribution in [0.5, 0.6) is 0 Å². The fraction of sp³-hybridized carbons (Fsp3) is 0.444. The second-order valence-corrected chi connectivity index (χ2v) is 7.06. The minimum atomic E-state index is 0.182. The molecule has 0 bridgehead atoms. The number of aromatic nitrogens is 1. The molecule has 23 heavy (non-hydrogen) atoms. The molecular weight excluding hydrogens is 308 g/mol. The summed E-state index contributed by atoms with van der Waals surface area (Å²) in [5, 5.41) is 3.96. The van der Waals surface area contributed by atoms with E-state index in [0.29, 0.717) is 5.75 Å². The molecule has 5 heteroatoms. The van der Waals surface area contributed by atoms with E-state index in [2.05, 4.69) is 24.2 Å². The summed E-state index contributed by atoms with van der Waals surface area (Å²) < 4.78 is 5.17. The molecule has 1 aliphatic rings. The van der Waals surface area contributed by atoms with E-state index in [1.54, 1.807) is 11.8 Å². The summed E-state index contributed by atoms with van der Waals surface area (Å²) in [6.45, 7) is 5.99. The van der Waals surface area contributed by atoms with E-state index in [-0.39, 0.29) is 11.9 Å². The lowest BCUT2D eigenvalue weighted by molar-refractivity contribution is -0.116. The van der Waals surface area contributed by atoms with Gasteiger partial charge in [0.25, 0.3) is 0 Å². The Labute approximate surface area is 141 Å². The van der Waals surface area contributed by atoms with Gasteiger partial charge in [0.15, 0.2) is 0 Å². The van der Waals surface area contributed by atoms with Gasteiger partial charge in [0, 0.05) is 23.0 Å². The zero-order valence-electron chi connectivity index (χ0n) is 13.8. The molecule has 0 aliphatic carbocycles. The monoisotopic (exact) mass is 330 g/mol. The molecule has 1 unspecified atom stereocenters. The fourth-order valence-electron chi connectivity index (χ4n) is 3.09. The lowest BCUT2D eigenvalue weighted by Crippen LogP contribution is -2.43. The molecule has 0 N–H and O–H groups in total. The molecule has 0 spiro atoms. The highest BCUT2D eigenvalue weighted by atomic mass is 32.2. The molecule has 2 aromatic rings. The van der Waals surface area contributed by atoms with Crippen LogP contribution in [0.25, 0.3) is 0 Å². The highest BCUT2D eigenvalue weighted by molar-refractivity contribution is 7.99. The summed E-state index contributed by atoms with van der Waals surface area (Å²) >= 11 is 1.63. The van der Waals surface area contributed by atoms with Crippen LogP contribution in [-0.4, -0.2) is 22.9 Å². The minimum Gasteiger partial charge on any atom is -0.361 e. The number of anilines is 1. The summed E-state index contributed by atoms with van der Waals surface area (Å²) in [6.07, 6.45) is 2.07. The third kappa shape index (κ3) is 3.29. The number of para-hydroxylation sites is 1. The molecule has 122 valence electrons. The molecule has 0 saturated heterocycles. The van der Waals surface area contributed by atoms with Crippen molar-refractivity contribution in [2.75, 3.05) is 10.7 Å². The molecular formula is C18H22N2O2S. The van der Waals surface area contributed by atoms with Gasteiger partial charge in [0.1, 0.15) is 5.76 Å². The molecule has 0 fully saturated rings. The van der Waals surface area contributed by atoms with Gasteiger partial charge in [-0.1, -0.05) is 23.4 Å². The van der Waals surface area contributed by atoms with E-state index >= 15 is 0 Å². The summed E-state index contributed by atoms with van der Waals surface area (Å²) in [6, 6.07) is 8.50. The summed E-state index contributed by atoms with van der Waals surface area (Å²) in [4.78, 5) is 14.7. The molecule has 3 rings (SSSR count). The van der Waals surface area contributed by atoms with E-state index < -0.39 is 0 Å². The topological polar surface area (TPSA) is 46.3 Å². The van der Waals surface area contributed by atoms with Crippen LogP contribution in [0.15, 0.2) is 28.8 Å². The molecule has 0 saturated carbocycles. The molecule has 4 nitrogen and oxygen atoms in total. The molecule has 1 atom stereocenters. The predicted molar refractivity (Wildman–Crippen MR) is 93.9 cm³/mol. The van der Waals surface area contributed by atoms with Crippen molar-refractivity contribution in [3.63, 3.8) is 0 Å². The van der Waals surface area contributed by atoms with Gasteiger partial charge in [-0.05, 0) is 45.2 Å². The van der Waals surface area contributed by atoms with E-state index in [4.69, 9.17) is 4.52 Å². The Kier molecular flexibility index (Phi) is 4.76. The molecule has 1 amide bonds. The summed E-state index contributed by atoms with van der Waals surface area (Å²) in [5.41, 5.74) is 4.37. The number of benzene rings is 1. The largest absolute Gasteiger partial charge is 0.361 e. The van der Waals surface area contributed by atoms with Crippen LogP contribution in [-0.2, 0) is 17.0 Å². The van der Waals surface area contributed by atoms with Gasteiger partial charge in [0.2, 0.25) is 5.91 Å². The third-order valence-electron chi connectivity index (χ3n) is 4.45. The van der Waals surface area contributed by atoms with Crippen molar-refractivity contribution in [3.8, 4) is 0 Å². The van der Waals surface area contributed by atoms with Gasteiger partial charge in [-0.25, -0.2) is 0 Å². The van der Waals surface area contributed by atoms with E-state index in [1.165, 1.54) is 5.56 Å². The van der Waals surface area contributed by atoms with Gasteiger partial charge in [-0.2, -0.15) is 0 Å². The average Bonchev–Trinajstić information content (AvgIpc) is 2.86. The van der Waals surface area contributed by atoms with E-state index in [1.807, 2.05) is 30.9 Å². The van der Waals surface area contributed by atoms with Gasteiger partial charge in [0.05, 0.1) is 11.4 Å². The van der Waals surface area contributed by atoms with Crippen LogP contribution in [0.4, 0.5) is 5.69 Å². The maximum absolute atomic E-state index is 12.7. The maximum atomic E-state index is 12.7. The second kappa shape index (κ2) is 6.79. The van der Waals surface area contributed by atoms with Crippen LogP contribution in [0.1, 0.15) is 35.9 Å². The first-order valence-corrected chi connectivity index (χ1v) is 9.13. The number of hydrogen-bond donors (Lipinski definition) is 0. The SMILES string of the molecule is Cc1noc(C)c1CSCC(=O)N1c2ccccc2CCC1C. The number of nitrogens with zero attached hydrogens (tertiary/aromatic N) is 2. The number of fused-ring (bicyclic) bond motifs is 1. The molecule has 1 aromatic heterocycles. The maximum Gasteiger partial charge on any atom is 0.237 e. The first-order chi connectivity index (χ1) is 11.1.